The first kappa shape index (κ1) is 14.3. The van der Waals surface area contributed by atoms with Crippen LogP contribution in [0.2, 0.25) is 11.1 Å². The van der Waals surface area contributed by atoms with Gasteiger partial charge in [0.15, 0.2) is 5.75 Å². The van der Waals surface area contributed by atoms with Crippen LogP contribution in [0.4, 0.5) is 5.69 Å². The van der Waals surface area contributed by atoms with Crippen molar-refractivity contribution in [3.8, 4) is 11.5 Å². The van der Waals surface area contributed by atoms with Crippen molar-refractivity contribution in [3.63, 3.8) is 0 Å². The summed E-state index contributed by atoms with van der Waals surface area (Å²) in [6, 6.07) is 3.92. The Morgan fingerprint density at radius 1 is 1.21 bits per heavy atom. The van der Waals surface area contributed by atoms with Gasteiger partial charge in [0, 0.05) is 22.9 Å². The highest BCUT2D eigenvalue weighted by molar-refractivity contribution is 6.79. The Morgan fingerprint density at radius 3 is 2.26 bits per heavy atom. The normalized spacial score (nSPS) is 20.5. The average molecular weight is 279 g/mol. The van der Waals surface area contributed by atoms with E-state index in [2.05, 4.69) is 40.7 Å². The standard InChI is InChI=1S/C15H25NO2Si/c1-9(2)19(10(3)4)11(5)13-7-12(16)8-14(17-6)15(13)18-19/h7-11H,16H2,1-6H3. The van der Waals surface area contributed by atoms with Crippen molar-refractivity contribution in [2.75, 3.05) is 12.8 Å². The van der Waals surface area contributed by atoms with Crippen LogP contribution in [0.15, 0.2) is 12.1 Å². The Labute approximate surface area is 117 Å². The van der Waals surface area contributed by atoms with Gasteiger partial charge in [-0.1, -0.05) is 34.6 Å². The highest BCUT2D eigenvalue weighted by Gasteiger charge is 2.55. The number of anilines is 1. The first-order valence-corrected chi connectivity index (χ1v) is 9.15. The number of ether oxygens (including phenoxy) is 1. The molecule has 106 valence electrons. The minimum Gasteiger partial charge on any atom is -0.540 e. The lowest BCUT2D eigenvalue weighted by atomic mass is 10.1. The fourth-order valence-corrected chi connectivity index (χ4v) is 8.89. The van der Waals surface area contributed by atoms with E-state index in [0.29, 0.717) is 16.6 Å². The van der Waals surface area contributed by atoms with Crippen LogP contribution < -0.4 is 14.9 Å². The van der Waals surface area contributed by atoms with E-state index in [4.69, 9.17) is 14.9 Å². The largest absolute Gasteiger partial charge is 0.540 e. The zero-order valence-corrected chi connectivity index (χ0v) is 13.8. The van der Waals surface area contributed by atoms with E-state index in [1.54, 1.807) is 7.11 Å². The lowest BCUT2D eigenvalue weighted by Gasteiger charge is -2.37. The minimum atomic E-state index is -1.90. The Hall–Kier alpha value is -1.16. The van der Waals surface area contributed by atoms with Crippen molar-refractivity contribution in [1.82, 2.24) is 0 Å². The monoisotopic (exact) mass is 279 g/mol. The Bertz CT molecular complexity index is 477. The van der Waals surface area contributed by atoms with Crippen LogP contribution in [0.25, 0.3) is 0 Å². The van der Waals surface area contributed by atoms with Crippen molar-refractivity contribution in [2.45, 2.75) is 51.2 Å². The van der Waals surface area contributed by atoms with Crippen LogP contribution in [-0.4, -0.2) is 15.4 Å². The van der Waals surface area contributed by atoms with Gasteiger partial charge in [-0.15, -0.1) is 0 Å². The summed E-state index contributed by atoms with van der Waals surface area (Å²) in [4.78, 5) is 0. The quantitative estimate of drug-likeness (QED) is 0.670. The van der Waals surface area contributed by atoms with Gasteiger partial charge in [0.05, 0.1) is 7.11 Å². The van der Waals surface area contributed by atoms with E-state index in [1.165, 1.54) is 5.56 Å². The van der Waals surface area contributed by atoms with E-state index in [-0.39, 0.29) is 0 Å². The van der Waals surface area contributed by atoms with Crippen LogP contribution in [0.5, 0.6) is 11.5 Å². The molecule has 4 heteroatoms. The van der Waals surface area contributed by atoms with Gasteiger partial charge in [0.25, 0.3) is 8.32 Å². The van der Waals surface area contributed by atoms with Crippen LogP contribution >= 0.6 is 0 Å². The number of hydrogen-bond donors (Lipinski definition) is 1. The summed E-state index contributed by atoms with van der Waals surface area (Å²) in [5.41, 5.74) is 9.53. The van der Waals surface area contributed by atoms with Gasteiger partial charge in [-0.05, 0) is 17.1 Å². The Morgan fingerprint density at radius 2 is 1.79 bits per heavy atom. The molecule has 0 aromatic heterocycles. The van der Waals surface area contributed by atoms with Crippen molar-refractivity contribution < 1.29 is 9.16 Å². The predicted molar refractivity (Wildman–Crippen MR) is 82.4 cm³/mol. The van der Waals surface area contributed by atoms with Gasteiger partial charge < -0.3 is 14.9 Å². The van der Waals surface area contributed by atoms with E-state index in [1.807, 2.05) is 6.07 Å². The summed E-state index contributed by atoms with van der Waals surface area (Å²) in [5.74, 6) is 1.70. The van der Waals surface area contributed by atoms with Crippen LogP contribution in [-0.2, 0) is 0 Å². The minimum absolute atomic E-state index is 0.444. The molecule has 0 bridgehead atoms. The molecule has 1 aromatic carbocycles. The van der Waals surface area contributed by atoms with Crippen molar-refractivity contribution in [1.29, 1.82) is 0 Å². The zero-order chi connectivity index (χ0) is 14.4. The van der Waals surface area contributed by atoms with Crippen molar-refractivity contribution >= 4 is 14.0 Å². The van der Waals surface area contributed by atoms with Gasteiger partial charge in [-0.3, -0.25) is 0 Å². The molecule has 0 radical (unpaired) electrons. The van der Waals surface area contributed by atoms with Gasteiger partial charge in [0.1, 0.15) is 5.75 Å². The summed E-state index contributed by atoms with van der Waals surface area (Å²) < 4.78 is 12.0. The highest BCUT2D eigenvalue weighted by atomic mass is 28.4. The molecular formula is C15H25NO2Si. The number of nitrogens with two attached hydrogens (primary N) is 1. The maximum atomic E-state index is 6.57. The zero-order valence-electron chi connectivity index (χ0n) is 12.8. The third-order valence-corrected chi connectivity index (χ3v) is 10.4. The first-order chi connectivity index (χ1) is 8.84. The van der Waals surface area contributed by atoms with Crippen LogP contribution in [0.3, 0.4) is 0 Å². The maximum absolute atomic E-state index is 6.57. The molecule has 19 heavy (non-hydrogen) atoms. The number of benzene rings is 1. The molecule has 0 saturated heterocycles. The Balaban J connectivity index is 2.60. The summed E-state index contributed by atoms with van der Waals surface area (Å²) in [6.45, 7) is 11.4. The third kappa shape index (κ3) is 1.93. The molecule has 1 aromatic rings. The molecule has 0 amide bonds. The van der Waals surface area contributed by atoms with Gasteiger partial charge >= 0.3 is 0 Å². The SMILES string of the molecule is COc1cc(N)cc2c1O[Si](C(C)C)(C(C)C)C2C. The van der Waals surface area contributed by atoms with Crippen molar-refractivity contribution in [2.24, 2.45) is 0 Å². The lowest BCUT2D eigenvalue weighted by molar-refractivity contribution is 0.390. The molecule has 1 unspecified atom stereocenters. The van der Waals surface area contributed by atoms with E-state index < -0.39 is 8.32 Å². The average Bonchev–Trinajstić information content (AvgIpc) is 2.63. The molecule has 3 nitrogen and oxygen atoms in total. The van der Waals surface area contributed by atoms with E-state index >= 15 is 0 Å². The molecule has 0 spiro atoms. The predicted octanol–water partition coefficient (Wildman–Crippen LogP) is 4.08. The summed E-state index contributed by atoms with van der Waals surface area (Å²) in [6.07, 6.45) is 0. The molecule has 0 saturated carbocycles. The fourth-order valence-electron chi connectivity index (χ4n) is 3.64. The molecule has 0 aliphatic carbocycles. The molecule has 1 aliphatic rings. The van der Waals surface area contributed by atoms with Crippen LogP contribution in [0.1, 0.15) is 45.7 Å². The number of rotatable bonds is 3. The second-order valence-electron chi connectivity index (χ2n) is 6.13. The number of fused-ring (bicyclic) bond motifs is 1. The Kier molecular flexibility index (Phi) is 3.56. The summed E-state index contributed by atoms with van der Waals surface area (Å²) in [5, 5.41) is 0. The summed E-state index contributed by atoms with van der Waals surface area (Å²) >= 11 is 0. The van der Waals surface area contributed by atoms with Gasteiger partial charge in [-0.25, -0.2) is 0 Å². The molecule has 2 N–H and O–H groups in total. The highest BCUT2D eigenvalue weighted by Crippen LogP contribution is 2.55. The molecule has 0 fully saturated rings. The van der Waals surface area contributed by atoms with Gasteiger partial charge in [0.2, 0.25) is 0 Å². The topological polar surface area (TPSA) is 44.5 Å². The third-order valence-electron chi connectivity index (χ3n) is 4.55. The molecule has 1 aliphatic heterocycles. The molecular weight excluding hydrogens is 254 g/mol. The van der Waals surface area contributed by atoms with E-state index in [9.17, 15) is 0 Å². The number of hydrogen-bond acceptors (Lipinski definition) is 3. The second-order valence-corrected chi connectivity index (χ2v) is 11.2. The summed E-state index contributed by atoms with van der Waals surface area (Å²) in [7, 11) is -0.225. The molecule has 1 heterocycles. The van der Waals surface area contributed by atoms with E-state index in [0.717, 1.165) is 17.2 Å². The van der Waals surface area contributed by atoms with Gasteiger partial charge in [-0.2, -0.15) is 0 Å². The van der Waals surface area contributed by atoms with Crippen molar-refractivity contribution in [3.05, 3.63) is 17.7 Å². The number of nitrogen functional groups attached to an aromatic ring is 1. The maximum Gasteiger partial charge on any atom is 0.263 e. The molecule has 2 rings (SSSR count). The molecule has 1 atom stereocenters. The van der Waals surface area contributed by atoms with Crippen LogP contribution in [0, 0.1) is 0 Å². The second kappa shape index (κ2) is 4.74. The lowest BCUT2D eigenvalue weighted by Crippen LogP contribution is -2.49. The smallest absolute Gasteiger partial charge is 0.263 e. The first-order valence-electron chi connectivity index (χ1n) is 7.01. The fraction of sp³-hybridized carbons (Fsp3) is 0.600. The number of methoxy groups -OCH3 is 1.